The third-order valence-electron chi connectivity index (χ3n) is 9.67. The lowest BCUT2D eigenvalue weighted by Gasteiger charge is -2.10. The summed E-state index contributed by atoms with van der Waals surface area (Å²) in [5.74, 6) is 0.782. The average Bonchev–Trinajstić information content (AvgIpc) is 3.30. The Hall–Kier alpha value is -8.33. The molecule has 15 heteroatoms. The Labute approximate surface area is 377 Å². The Bertz CT molecular complexity index is 3190. The quantitative estimate of drug-likeness (QED) is 0.120. The lowest BCUT2D eigenvalue weighted by molar-refractivity contribution is -0.384. The van der Waals surface area contributed by atoms with Crippen LogP contribution in [0.25, 0.3) is 22.7 Å². The van der Waals surface area contributed by atoms with Crippen LogP contribution < -0.4 is 27.0 Å². The Balaban J connectivity index is 0.000000165. The molecular weight excluding hydrogens is 852 g/mol. The van der Waals surface area contributed by atoms with E-state index < -0.39 is 16.7 Å². The van der Waals surface area contributed by atoms with Crippen molar-refractivity contribution >= 4 is 5.69 Å². The fraction of sp³-hybridized carbons (Fsp3) is 0.137. The van der Waals surface area contributed by atoms with Crippen molar-refractivity contribution in [2.24, 2.45) is 0 Å². The van der Waals surface area contributed by atoms with Crippen molar-refractivity contribution in [1.82, 2.24) is 18.3 Å². The Morgan fingerprint density at radius 2 is 0.803 bits per heavy atom. The van der Waals surface area contributed by atoms with E-state index in [1.807, 2.05) is 101 Å². The van der Waals surface area contributed by atoms with E-state index >= 15 is 0 Å². The van der Waals surface area contributed by atoms with E-state index in [0.717, 1.165) is 51.5 Å². The first-order chi connectivity index (χ1) is 31.3. The standard InChI is InChI=1S/C13H10F3NO.C13H13NO2.C13H13NO.C12H10N2O3/c1-9-5-6-12(18)17(8-9)11-4-2-3-10(7-11)13(14,15)16;1-10-3-8-13(15)14(9-10)11-4-6-12(16-2)7-5-11;1-10-3-6-12(7-4-10)14-9-11(2)5-8-13(14)15;1-9-5-6-12(15)13(8-9)10-3-2-4-11(7-10)14(16)17/h2-8H,1H3;3-9H,1-2H3;3-9H,1-2H3;2-8H,1H3. The van der Waals surface area contributed by atoms with Crippen LogP contribution in [0.2, 0.25) is 0 Å². The van der Waals surface area contributed by atoms with Gasteiger partial charge in [-0.25, -0.2) is 0 Å². The average molecular weight is 898 g/mol. The summed E-state index contributed by atoms with van der Waals surface area (Å²) in [5.41, 5.74) is 6.09. The number of ether oxygens (including phenoxy) is 1. The number of alkyl halides is 3. The molecule has 0 bridgehead atoms. The summed E-state index contributed by atoms with van der Waals surface area (Å²) in [5, 5.41) is 10.7. The molecule has 8 aromatic rings. The molecule has 66 heavy (non-hydrogen) atoms. The van der Waals surface area contributed by atoms with Crippen molar-refractivity contribution in [2.75, 3.05) is 7.11 Å². The van der Waals surface area contributed by atoms with Crippen LogP contribution in [0.5, 0.6) is 5.75 Å². The number of halogens is 3. The van der Waals surface area contributed by atoms with Gasteiger partial charge in [0.15, 0.2) is 0 Å². The van der Waals surface area contributed by atoms with E-state index in [1.54, 1.807) is 65.8 Å². The van der Waals surface area contributed by atoms with E-state index in [4.69, 9.17) is 4.74 Å². The smallest absolute Gasteiger partial charge is 0.416 e. The van der Waals surface area contributed by atoms with Crippen molar-refractivity contribution < 1.29 is 22.8 Å². The fourth-order valence-corrected chi connectivity index (χ4v) is 6.22. The highest BCUT2D eigenvalue weighted by molar-refractivity contribution is 5.44. The molecule has 8 rings (SSSR count). The number of methoxy groups -OCH3 is 1. The van der Waals surface area contributed by atoms with Gasteiger partial charge in [-0.15, -0.1) is 0 Å². The zero-order valence-electron chi connectivity index (χ0n) is 36.9. The van der Waals surface area contributed by atoms with Crippen LogP contribution >= 0.6 is 0 Å². The highest BCUT2D eigenvalue weighted by atomic mass is 19.4. The first kappa shape index (κ1) is 48.7. The number of nitro benzene ring substituents is 1. The third-order valence-corrected chi connectivity index (χ3v) is 9.67. The van der Waals surface area contributed by atoms with Crippen molar-refractivity contribution in [3.05, 3.63) is 255 Å². The molecule has 0 fully saturated rings. The van der Waals surface area contributed by atoms with Gasteiger partial charge in [0.05, 0.1) is 23.3 Å². The van der Waals surface area contributed by atoms with Gasteiger partial charge in [0.2, 0.25) is 0 Å². The molecule has 4 heterocycles. The molecule has 0 aliphatic carbocycles. The Kier molecular flexibility index (Phi) is 16.1. The van der Waals surface area contributed by atoms with Gasteiger partial charge in [0, 0.05) is 78.2 Å². The van der Waals surface area contributed by atoms with Crippen molar-refractivity contribution in [3.8, 4) is 28.5 Å². The minimum absolute atomic E-state index is 0.00412. The molecule has 0 saturated carbocycles. The number of rotatable bonds is 6. The van der Waals surface area contributed by atoms with Gasteiger partial charge < -0.3 is 4.74 Å². The fourth-order valence-electron chi connectivity index (χ4n) is 6.22. The number of nitrogens with zero attached hydrogens (tertiary/aromatic N) is 5. The molecule has 0 N–H and O–H groups in total. The minimum atomic E-state index is -4.41. The van der Waals surface area contributed by atoms with E-state index in [2.05, 4.69) is 0 Å². The van der Waals surface area contributed by atoms with E-state index in [1.165, 1.54) is 57.3 Å². The van der Waals surface area contributed by atoms with Crippen LogP contribution in [-0.2, 0) is 6.18 Å². The molecule has 0 saturated heterocycles. The summed E-state index contributed by atoms with van der Waals surface area (Å²) in [6.45, 7) is 9.59. The second-order valence-electron chi connectivity index (χ2n) is 15.0. The largest absolute Gasteiger partial charge is 0.497 e. The lowest BCUT2D eigenvalue weighted by atomic mass is 10.2. The SMILES string of the molecule is COc1ccc(-n2cc(C)ccc2=O)cc1.Cc1ccc(-n2cc(C)ccc2=O)cc1.Cc1ccc(=O)n(-c2cccc(C(F)(F)F)c2)c1.Cc1ccc(=O)n(-c2cccc([N+](=O)[O-])c2)c1. The molecule has 4 aromatic carbocycles. The third kappa shape index (κ3) is 13.3. The van der Waals surface area contributed by atoms with Crippen molar-refractivity contribution in [1.29, 1.82) is 0 Å². The number of non-ortho nitro benzene ring substituents is 1. The molecule has 0 amide bonds. The summed E-state index contributed by atoms with van der Waals surface area (Å²) >= 11 is 0. The maximum Gasteiger partial charge on any atom is 0.416 e. The molecule has 0 aliphatic rings. The summed E-state index contributed by atoms with van der Waals surface area (Å²) in [6.07, 6.45) is 2.43. The molecule has 0 spiro atoms. The van der Waals surface area contributed by atoms with E-state index in [-0.39, 0.29) is 33.6 Å². The van der Waals surface area contributed by atoms with Crippen LogP contribution in [0.4, 0.5) is 18.9 Å². The zero-order chi connectivity index (χ0) is 48.1. The maximum atomic E-state index is 12.6. The first-order valence-corrected chi connectivity index (χ1v) is 20.2. The van der Waals surface area contributed by atoms with Crippen LogP contribution in [0.1, 0.15) is 33.4 Å². The Morgan fingerprint density at radius 1 is 0.455 bits per heavy atom. The predicted molar refractivity (Wildman–Crippen MR) is 250 cm³/mol. The van der Waals surface area contributed by atoms with Crippen LogP contribution in [0.3, 0.4) is 0 Å². The molecular formula is C51H46F3N5O7. The van der Waals surface area contributed by atoms with Crippen LogP contribution in [-0.4, -0.2) is 30.3 Å². The second kappa shape index (κ2) is 21.8. The summed E-state index contributed by atoms with van der Waals surface area (Å²) < 4.78 is 48.7. The minimum Gasteiger partial charge on any atom is -0.497 e. The molecule has 338 valence electrons. The number of aromatic nitrogens is 4. The van der Waals surface area contributed by atoms with Gasteiger partial charge in [-0.2, -0.15) is 13.2 Å². The molecule has 0 atom stereocenters. The van der Waals surface area contributed by atoms with Gasteiger partial charge in [-0.1, -0.05) is 54.1 Å². The second-order valence-corrected chi connectivity index (χ2v) is 15.0. The Morgan fingerprint density at radius 3 is 1.18 bits per heavy atom. The maximum absolute atomic E-state index is 12.6. The summed E-state index contributed by atoms with van der Waals surface area (Å²) in [4.78, 5) is 56.7. The zero-order valence-corrected chi connectivity index (χ0v) is 36.9. The van der Waals surface area contributed by atoms with Gasteiger partial charge in [-0.3, -0.25) is 47.6 Å². The van der Waals surface area contributed by atoms with Crippen LogP contribution in [0, 0.1) is 44.7 Å². The van der Waals surface area contributed by atoms with Crippen molar-refractivity contribution in [2.45, 2.75) is 40.8 Å². The molecule has 4 aromatic heterocycles. The lowest BCUT2D eigenvalue weighted by Crippen LogP contribution is -2.17. The number of benzene rings is 4. The highest BCUT2D eigenvalue weighted by Gasteiger charge is 2.30. The number of aryl methyl sites for hydroxylation is 5. The number of hydrogen-bond acceptors (Lipinski definition) is 7. The van der Waals surface area contributed by atoms with E-state index in [0.29, 0.717) is 5.69 Å². The molecule has 0 unspecified atom stereocenters. The normalized spacial score (nSPS) is 10.6. The highest BCUT2D eigenvalue weighted by Crippen LogP contribution is 2.30. The molecule has 0 radical (unpaired) electrons. The van der Waals surface area contributed by atoms with Gasteiger partial charge >= 0.3 is 6.18 Å². The predicted octanol–water partition coefficient (Wildman–Crippen LogP) is 9.83. The van der Waals surface area contributed by atoms with Crippen molar-refractivity contribution in [3.63, 3.8) is 0 Å². The number of hydrogen-bond donors (Lipinski definition) is 0. The topological polar surface area (TPSA) is 140 Å². The van der Waals surface area contributed by atoms with Gasteiger partial charge in [-0.05, 0) is 118 Å². The van der Waals surface area contributed by atoms with Gasteiger partial charge in [0.25, 0.3) is 27.9 Å². The summed E-state index contributed by atoms with van der Waals surface area (Å²) in [6, 6.07) is 38.9. The monoisotopic (exact) mass is 897 g/mol. The molecule has 12 nitrogen and oxygen atoms in total. The molecule has 0 aliphatic heterocycles. The first-order valence-electron chi connectivity index (χ1n) is 20.2. The van der Waals surface area contributed by atoms with Crippen LogP contribution in [0.15, 0.2) is 190 Å². The number of pyridine rings is 4. The van der Waals surface area contributed by atoms with E-state index in [9.17, 15) is 42.5 Å². The van der Waals surface area contributed by atoms with Gasteiger partial charge in [0.1, 0.15) is 5.75 Å². The number of nitro groups is 1. The summed E-state index contributed by atoms with van der Waals surface area (Å²) in [7, 11) is 1.62.